The average molecular weight is 158 g/mol. The maximum Gasteiger partial charge on any atom is 0.0540 e. The Hall–Kier alpha value is -0.0400. The molecule has 0 aliphatic rings. The van der Waals surface area contributed by atoms with Crippen LogP contribution in [-0.2, 0) is 0 Å². The predicted molar refractivity (Wildman–Crippen MR) is 49.6 cm³/mol. The topological polar surface area (TPSA) is 20.2 Å². The van der Waals surface area contributed by atoms with Crippen LogP contribution in [0.15, 0.2) is 0 Å². The number of aliphatic hydroxyl groups is 1. The van der Waals surface area contributed by atoms with Crippen molar-refractivity contribution in [2.75, 3.05) is 0 Å². The van der Waals surface area contributed by atoms with Crippen molar-refractivity contribution in [3.63, 3.8) is 0 Å². The summed E-state index contributed by atoms with van der Waals surface area (Å²) in [6, 6.07) is 0. The van der Waals surface area contributed by atoms with Gasteiger partial charge in [0.25, 0.3) is 0 Å². The van der Waals surface area contributed by atoms with Gasteiger partial charge in [-0.1, -0.05) is 33.6 Å². The van der Waals surface area contributed by atoms with Crippen LogP contribution in [0, 0.1) is 5.92 Å². The standard InChI is InChI=1S/C10H22O/c1-4-5-6-10(11)8-7-9(2)3/h9-11H,4-8H2,1-3H3/t10-/m0/s1. The summed E-state index contributed by atoms with van der Waals surface area (Å²) in [5, 5.41) is 9.43. The summed E-state index contributed by atoms with van der Waals surface area (Å²) in [6.07, 6.45) is 5.45. The van der Waals surface area contributed by atoms with Crippen molar-refractivity contribution in [2.45, 2.75) is 59.0 Å². The van der Waals surface area contributed by atoms with Crippen LogP contribution in [0.25, 0.3) is 0 Å². The molecule has 0 aromatic rings. The first-order valence-electron chi connectivity index (χ1n) is 4.84. The molecule has 0 aliphatic carbocycles. The van der Waals surface area contributed by atoms with Crippen molar-refractivity contribution in [1.29, 1.82) is 0 Å². The van der Waals surface area contributed by atoms with Gasteiger partial charge in [-0.3, -0.25) is 0 Å². The highest BCUT2D eigenvalue weighted by molar-refractivity contribution is 4.57. The molecule has 0 unspecified atom stereocenters. The zero-order valence-electron chi connectivity index (χ0n) is 8.14. The monoisotopic (exact) mass is 158 g/mol. The highest BCUT2D eigenvalue weighted by atomic mass is 16.3. The molecule has 0 radical (unpaired) electrons. The van der Waals surface area contributed by atoms with E-state index in [4.69, 9.17) is 0 Å². The molecule has 0 bridgehead atoms. The molecule has 0 saturated carbocycles. The molecule has 0 fully saturated rings. The average Bonchev–Trinajstić information content (AvgIpc) is 1.97. The molecule has 11 heavy (non-hydrogen) atoms. The second-order valence-corrected chi connectivity index (χ2v) is 3.77. The SMILES string of the molecule is CCCC[C@H](O)CCC(C)C. The Morgan fingerprint density at radius 3 is 2.18 bits per heavy atom. The van der Waals surface area contributed by atoms with Crippen LogP contribution in [0.3, 0.4) is 0 Å². The van der Waals surface area contributed by atoms with Crippen molar-refractivity contribution in [1.82, 2.24) is 0 Å². The van der Waals surface area contributed by atoms with Gasteiger partial charge in [-0.2, -0.15) is 0 Å². The molecular weight excluding hydrogens is 136 g/mol. The van der Waals surface area contributed by atoms with E-state index in [1.807, 2.05) is 0 Å². The Labute approximate surface area is 70.8 Å². The molecule has 0 aromatic carbocycles. The summed E-state index contributed by atoms with van der Waals surface area (Å²) in [4.78, 5) is 0. The zero-order valence-corrected chi connectivity index (χ0v) is 8.14. The Balaban J connectivity index is 3.15. The first kappa shape index (κ1) is 11.0. The summed E-state index contributed by atoms with van der Waals surface area (Å²) >= 11 is 0. The lowest BCUT2D eigenvalue weighted by Crippen LogP contribution is -2.07. The highest BCUT2D eigenvalue weighted by Gasteiger charge is 2.03. The van der Waals surface area contributed by atoms with Crippen LogP contribution >= 0.6 is 0 Å². The minimum atomic E-state index is -0.0441. The van der Waals surface area contributed by atoms with Crippen molar-refractivity contribution < 1.29 is 5.11 Å². The summed E-state index contributed by atoms with van der Waals surface area (Å²) < 4.78 is 0. The molecule has 0 rings (SSSR count). The fraction of sp³-hybridized carbons (Fsp3) is 1.00. The van der Waals surface area contributed by atoms with Gasteiger partial charge >= 0.3 is 0 Å². The minimum Gasteiger partial charge on any atom is -0.393 e. The molecule has 1 heteroatoms. The van der Waals surface area contributed by atoms with E-state index in [-0.39, 0.29) is 6.10 Å². The van der Waals surface area contributed by atoms with Crippen LogP contribution in [-0.4, -0.2) is 11.2 Å². The summed E-state index contributed by atoms with van der Waals surface area (Å²) in [5.41, 5.74) is 0. The van der Waals surface area contributed by atoms with E-state index < -0.39 is 0 Å². The molecular formula is C10H22O. The van der Waals surface area contributed by atoms with Gasteiger partial charge in [-0.15, -0.1) is 0 Å². The van der Waals surface area contributed by atoms with Gasteiger partial charge in [-0.25, -0.2) is 0 Å². The van der Waals surface area contributed by atoms with Crippen molar-refractivity contribution >= 4 is 0 Å². The van der Waals surface area contributed by atoms with Crippen LogP contribution in [0.4, 0.5) is 0 Å². The molecule has 1 atom stereocenters. The lowest BCUT2D eigenvalue weighted by Gasteiger charge is -2.10. The van der Waals surface area contributed by atoms with Crippen molar-refractivity contribution in [3.8, 4) is 0 Å². The quantitative estimate of drug-likeness (QED) is 0.630. The van der Waals surface area contributed by atoms with E-state index in [9.17, 15) is 5.11 Å². The second kappa shape index (κ2) is 6.66. The molecule has 0 saturated heterocycles. The Kier molecular flexibility index (Phi) is 6.63. The first-order valence-corrected chi connectivity index (χ1v) is 4.84. The van der Waals surface area contributed by atoms with E-state index in [0.717, 1.165) is 25.2 Å². The lowest BCUT2D eigenvalue weighted by atomic mass is 10.0. The van der Waals surface area contributed by atoms with Crippen LogP contribution in [0.2, 0.25) is 0 Å². The predicted octanol–water partition coefficient (Wildman–Crippen LogP) is 2.97. The fourth-order valence-electron chi connectivity index (χ4n) is 1.11. The molecule has 0 spiro atoms. The summed E-state index contributed by atoms with van der Waals surface area (Å²) in [6.45, 7) is 6.56. The second-order valence-electron chi connectivity index (χ2n) is 3.77. The van der Waals surface area contributed by atoms with Crippen molar-refractivity contribution in [3.05, 3.63) is 0 Å². The Bertz CT molecular complexity index is 78.9. The van der Waals surface area contributed by atoms with Crippen LogP contribution < -0.4 is 0 Å². The van der Waals surface area contributed by atoms with E-state index in [1.54, 1.807) is 0 Å². The number of rotatable bonds is 6. The normalized spacial score (nSPS) is 13.9. The molecule has 0 heterocycles. The third-order valence-corrected chi connectivity index (χ3v) is 1.97. The van der Waals surface area contributed by atoms with Gasteiger partial charge in [0.15, 0.2) is 0 Å². The van der Waals surface area contributed by atoms with E-state index >= 15 is 0 Å². The number of hydrogen-bond donors (Lipinski definition) is 1. The van der Waals surface area contributed by atoms with Gasteiger partial charge in [0.2, 0.25) is 0 Å². The van der Waals surface area contributed by atoms with E-state index in [2.05, 4.69) is 20.8 Å². The number of hydrogen-bond acceptors (Lipinski definition) is 1. The van der Waals surface area contributed by atoms with E-state index in [0.29, 0.717) is 0 Å². The Morgan fingerprint density at radius 2 is 1.73 bits per heavy atom. The molecule has 0 aliphatic heterocycles. The maximum atomic E-state index is 9.43. The molecule has 0 amide bonds. The minimum absolute atomic E-state index is 0.0441. The van der Waals surface area contributed by atoms with Gasteiger partial charge in [0.05, 0.1) is 6.10 Å². The van der Waals surface area contributed by atoms with Gasteiger partial charge in [0.1, 0.15) is 0 Å². The third kappa shape index (κ3) is 7.86. The Morgan fingerprint density at radius 1 is 1.09 bits per heavy atom. The first-order chi connectivity index (χ1) is 5.16. The van der Waals surface area contributed by atoms with Crippen LogP contribution in [0.5, 0.6) is 0 Å². The molecule has 1 nitrogen and oxygen atoms in total. The molecule has 1 N–H and O–H groups in total. The number of unbranched alkanes of at least 4 members (excludes halogenated alkanes) is 1. The van der Waals surface area contributed by atoms with Gasteiger partial charge < -0.3 is 5.11 Å². The maximum absolute atomic E-state index is 9.43. The zero-order chi connectivity index (χ0) is 8.69. The summed E-state index contributed by atoms with van der Waals surface area (Å²) in [5.74, 6) is 0.728. The lowest BCUT2D eigenvalue weighted by molar-refractivity contribution is 0.144. The third-order valence-electron chi connectivity index (χ3n) is 1.97. The summed E-state index contributed by atoms with van der Waals surface area (Å²) in [7, 11) is 0. The van der Waals surface area contributed by atoms with Crippen LogP contribution in [0.1, 0.15) is 52.9 Å². The largest absolute Gasteiger partial charge is 0.393 e. The number of aliphatic hydroxyl groups excluding tert-OH is 1. The molecule has 0 aromatic heterocycles. The highest BCUT2D eigenvalue weighted by Crippen LogP contribution is 2.10. The molecule has 68 valence electrons. The fourth-order valence-corrected chi connectivity index (χ4v) is 1.11. The smallest absolute Gasteiger partial charge is 0.0540 e. The van der Waals surface area contributed by atoms with Gasteiger partial charge in [-0.05, 0) is 25.2 Å². The van der Waals surface area contributed by atoms with Gasteiger partial charge in [0, 0.05) is 0 Å². The van der Waals surface area contributed by atoms with Crippen molar-refractivity contribution in [2.24, 2.45) is 5.92 Å². The van der Waals surface area contributed by atoms with E-state index in [1.165, 1.54) is 12.8 Å².